The number of rotatable bonds is 5. The maximum atomic E-state index is 10.2. The third-order valence-electron chi connectivity index (χ3n) is 1.84. The molecule has 0 atom stereocenters. The van der Waals surface area contributed by atoms with Crippen molar-refractivity contribution in [2.75, 3.05) is 17.6 Å². The first-order valence-corrected chi connectivity index (χ1v) is 4.50. The summed E-state index contributed by atoms with van der Waals surface area (Å²) in [6, 6.07) is 7.42. The molecule has 76 valence electrons. The Morgan fingerprint density at radius 3 is 2.79 bits per heavy atom. The number of para-hydroxylation sites is 2. The van der Waals surface area contributed by atoms with E-state index in [1.54, 1.807) is 6.07 Å². The summed E-state index contributed by atoms with van der Waals surface area (Å²) < 4.78 is 0. The highest BCUT2D eigenvalue weighted by atomic mass is 16.4. The average molecular weight is 194 g/mol. The quantitative estimate of drug-likeness (QED) is 0.491. The predicted molar refractivity (Wildman–Crippen MR) is 56.2 cm³/mol. The first kappa shape index (κ1) is 10.4. The lowest BCUT2D eigenvalue weighted by molar-refractivity contribution is -0.137. The minimum absolute atomic E-state index is 0.180. The van der Waals surface area contributed by atoms with E-state index in [4.69, 9.17) is 10.8 Å². The van der Waals surface area contributed by atoms with Gasteiger partial charge in [0.05, 0.1) is 11.4 Å². The topological polar surface area (TPSA) is 75.3 Å². The van der Waals surface area contributed by atoms with E-state index < -0.39 is 5.97 Å². The highest BCUT2D eigenvalue weighted by Gasteiger charge is 1.98. The monoisotopic (exact) mass is 194 g/mol. The standard InChI is InChI=1S/C10H14N2O2/c11-8-4-1-2-5-9(8)12-7-3-6-10(13)14/h1-2,4-5,12H,3,6-7,11H2,(H,13,14). The number of aliphatic carboxylic acids is 1. The highest BCUT2D eigenvalue weighted by Crippen LogP contribution is 2.16. The number of benzene rings is 1. The van der Waals surface area contributed by atoms with Crippen LogP contribution in [-0.2, 0) is 4.79 Å². The van der Waals surface area contributed by atoms with Crippen LogP contribution in [0.3, 0.4) is 0 Å². The second-order valence-corrected chi connectivity index (χ2v) is 3.01. The molecular weight excluding hydrogens is 180 g/mol. The number of hydrogen-bond donors (Lipinski definition) is 3. The number of nitrogens with two attached hydrogens (primary N) is 1. The van der Waals surface area contributed by atoms with Gasteiger partial charge in [-0.05, 0) is 18.6 Å². The smallest absolute Gasteiger partial charge is 0.303 e. The van der Waals surface area contributed by atoms with E-state index in [0.717, 1.165) is 5.69 Å². The molecule has 0 radical (unpaired) electrons. The fraction of sp³-hybridized carbons (Fsp3) is 0.300. The maximum absolute atomic E-state index is 10.2. The molecule has 14 heavy (non-hydrogen) atoms. The minimum atomic E-state index is -0.771. The van der Waals surface area contributed by atoms with Gasteiger partial charge in [0.1, 0.15) is 0 Å². The lowest BCUT2D eigenvalue weighted by Gasteiger charge is -2.07. The van der Waals surface area contributed by atoms with Gasteiger partial charge in [-0.3, -0.25) is 4.79 Å². The first-order chi connectivity index (χ1) is 6.70. The van der Waals surface area contributed by atoms with Crippen LogP contribution in [0.2, 0.25) is 0 Å². The van der Waals surface area contributed by atoms with Crippen LogP contribution in [-0.4, -0.2) is 17.6 Å². The Kier molecular flexibility index (Phi) is 3.79. The predicted octanol–water partition coefficient (Wildman–Crippen LogP) is 1.55. The summed E-state index contributed by atoms with van der Waals surface area (Å²) in [6.45, 7) is 0.626. The van der Waals surface area contributed by atoms with E-state index in [0.29, 0.717) is 18.7 Å². The average Bonchev–Trinajstić information content (AvgIpc) is 2.15. The molecule has 4 heteroatoms. The summed E-state index contributed by atoms with van der Waals surface area (Å²) in [7, 11) is 0. The lowest BCUT2D eigenvalue weighted by atomic mass is 10.2. The van der Waals surface area contributed by atoms with Crippen molar-refractivity contribution in [3.8, 4) is 0 Å². The van der Waals surface area contributed by atoms with Gasteiger partial charge in [0.25, 0.3) is 0 Å². The van der Waals surface area contributed by atoms with Crippen LogP contribution in [0.5, 0.6) is 0 Å². The highest BCUT2D eigenvalue weighted by molar-refractivity contribution is 5.67. The van der Waals surface area contributed by atoms with Crippen LogP contribution in [0.15, 0.2) is 24.3 Å². The molecule has 0 aromatic heterocycles. The van der Waals surface area contributed by atoms with Crippen LogP contribution in [0, 0.1) is 0 Å². The van der Waals surface area contributed by atoms with Crippen LogP contribution in [0.1, 0.15) is 12.8 Å². The third kappa shape index (κ3) is 3.35. The Hall–Kier alpha value is -1.71. The largest absolute Gasteiger partial charge is 0.481 e. The van der Waals surface area contributed by atoms with Crippen LogP contribution < -0.4 is 11.1 Å². The van der Waals surface area contributed by atoms with Crippen molar-refractivity contribution in [3.05, 3.63) is 24.3 Å². The molecule has 0 spiro atoms. The Balaban J connectivity index is 2.31. The van der Waals surface area contributed by atoms with Gasteiger partial charge in [0.15, 0.2) is 0 Å². The van der Waals surface area contributed by atoms with E-state index in [-0.39, 0.29) is 6.42 Å². The summed E-state index contributed by atoms with van der Waals surface area (Å²) in [5.74, 6) is -0.771. The molecule has 0 aliphatic carbocycles. The molecule has 0 aliphatic heterocycles. The van der Waals surface area contributed by atoms with E-state index in [1.807, 2.05) is 18.2 Å². The minimum Gasteiger partial charge on any atom is -0.481 e. The Labute approximate surface area is 82.7 Å². The molecule has 1 aromatic rings. The zero-order valence-electron chi connectivity index (χ0n) is 7.86. The van der Waals surface area contributed by atoms with Crippen molar-refractivity contribution in [1.82, 2.24) is 0 Å². The molecule has 0 unspecified atom stereocenters. The van der Waals surface area contributed by atoms with Gasteiger partial charge in [-0.15, -0.1) is 0 Å². The molecule has 4 nitrogen and oxygen atoms in total. The molecule has 0 saturated carbocycles. The molecular formula is C10H14N2O2. The van der Waals surface area contributed by atoms with Crippen LogP contribution >= 0.6 is 0 Å². The van der Waals surface area contributed by atoms with E-state index in [1.165, 1.54) is 0 Å². The molecule has 0 aliphatic rings. The van der Waals surface area contributed by atoms with Gasteiger partial charge < -0.3 is 16.2 Å². The molecule has 0 fully saturated rings. The van der Waals surface area contributed by atoms with E-state index in [2.05, 4.69) is 5.32 Å². The normalized spacial score (nSPS) is 9.71. The van der Waals surface area contributed by atoms with Crippen molar-refractivity contribution in [2.24, 2.45) is 0 Å². The van der Waals surface area contributed by atoms with Crippen LogP contribution in [0.25, 0.3) is 0 Å². The van der Waals surface area contributed by atoms with Crippen molar-refractivity contribution in [2.45, 2.75) is 12.8 Å². The molecule has 4 N–H and O–H groups in total. The van der Waals surface area contributed by atoms with Crippen molar-refractivity contribution in [1.29, 1.82) is 0 Å². The number of anilines is 2. The van der Waals surface area contributed by atoms with Crippen molar-refractivity contribution in [3.63, 3.8) is 0 Å². The summed E-state index contributed by atoms with van der Waals surface area (Å²) in [5.41, 5.74) is 7.23. The number of nitrogen functional groups attached to an aromatic ring is 1. The zero-order chi connectivity index (χ0) is 10.4. The number of carboxylic acids is 1. The van der Waals surface area contributed by atoms with Crippen LogP contribution in [0.4, 0.5) is 11.4 Å². The molecule has 0 heterocycles. The number of nitrogens with one attached hydrogen (secondary N) is 1. The fourth-order valence-corrected chi connectivity index (χ4v) is 1.12. The SMILES string of the molecule is Nc1ccccc1NCCCC(=O)O. The van der Waals surface area contributed by atoms with Gasteiger partial charge in [-0.2, -0.15) is 0 Å². The van der Waals surface area contributed by atoms with Gasteiger partial charge in [0.2, 0.25) is 0 Å². The Morgan fingerprint density at radius 1 is 1.43 bits per heavy atom. The van der Waals surface area contributed by atoms with Crippen molar-refractivity contribution >= 4 is 17.3 Å². The fourth-order valence-electron chi connectivity index (χ4n) is 1.12. The lowest BCUT2D eigenvalue weighted by Crippen LogP contribution is -2.06. The summed E-state index contributed by atoms with van der Waals surface area (Å²) in [5, 5.41) is 11.5. The second-order valence-electron chi connectivity index (χ2n) is 3.01. The summed E-state index contributed by atoms with van der Waals surface area (Å²) in [6.07, 6.45) is 0.781. The van der Waals surface area contributed by atoms with E-state index >= 15 is 0 Å². The second kappa shape index (κ2) is 5.11. The zero-order valence-corrected chi connectivity index (χ0v) is 7.86. The summed E-state index contributed by atoms with van der Waals surface area (Å²) in [4.78, 5) is 10.2. The maximum Gasteiger partial charge on any atom is 0.303 e. The molecule has 0 bridgehead atoms. The van der Waals surface area contributed by atoms with E-state index in [9.17, 15) is 4.79 Å². The molecule has 0 saturated heterocycles. The van der Waals surface area contributed by atoms with Gasteiger partial charge in [-0.1, -0.05) is 12.1 Å². The molecule has 1 aromatic carbocycles. The number of carboxylic acid groups (broad SMARTS) is 1. The number of hydrogen-bond acceptors (Lipinski definition) is 3. The molecule has 0 amide bonds. The third-order valence-corrected chi connectivity index (χ3v) is 1.84. The van der Waals surface area contributed by atoms with Gasteiger partial charge in [0, 0.05) is 13.0 Å². The van der Waals surface area contributed by atoms with Gasteiger partial charge >= 0.3 is 5.97 Å². The summed E-state index contributed by atoms with van der Waals surface area (Å²) >= 11 is 0. The Bertz CT molecular complexity index is 313. The Morgan fingerprint density at radius 2 is 2.14 bits per heavy atom. The van der Waals surface area contributed by atoms with Gasteiger partial charge in [-0.25, -0.2) is 0 Å². The first-order valence-electron chi connectivity index (χ1n) is 4.50. The number of carbonyl (C=O) groups is 1. The molecule has 1 rings (SSSR count). The van der Waals surface area contributed by atoms with Crippen molar-refractivity contribution < 1.29 is 9.90 Å².